The van der Waals surface area contributed by atoms with Crippen LogP contribution < -0.4 is 5.32 Å². The monoisotopic (exact) mass is 316 g/mol. The van der Waals surface area contributed by atoms with Crippen LogP contribution in [-0.4, -0.2) is 21.4 Å². The highest BCUT2D eigenvalue weighted by atomic mass is 32.2. The quantitative estimate of drug-likeness (QED) is 0.852. The van der Waals surface area contributed by atoms with E-state index in [0.717, 1.165) is 0 Å². The molecule has 1 amide bonds. The van der Waals surface area contributed by atoms with Crippen molar-refractivity contribution in [1.29, 1.82) is 5.26 Å². The SMILES string of the molecule is CC(C)c1nnc(S[C@@H](C)C(=O)Nc2cccc(C#N)c2)o1. The van der Waals surface area contributed by atoms with E-state index in [0.29, 0.717) is 22.4 Å². The van der Waals surface area contributed by atoms with Crippen molar-refractivity contribution in [3.8, 4) is 6.07 Å². The number of nitriles is 1. The van der Waals surface area contributed by atoms with Gasteiger partial charge in [0.25, 0.3) is 5.22 Å². The number of aromatic nitrogens is 2. The molecule has 1 heterocycles. The lowest BCUT2D eigenvalue weighted by molar-refractivity contribution is -0.115. The van der Waals surface area contributed by atoms with Crippen LogP contribution in [0, 0.1) is 11.3 Å². The predicted octanol–water partition coefficient (Wildman–Crippen LogP) is 3.18. The molecule has 6 nitrogen and oxygen atoms in total. The van der Waals surface area contributed by atoms with Gasteiger partial charge >= 0.3 is 0 Å². The number of nitrogens with one attached hydrogen (secondary N) is 1. The Morgan fingerprint density at radius 1 is 1.36 bits per heavy atom. The molecule has 1 atom stereocenters. The summed E-state index contributed by atoms with van der Waals surface area (Å²) >= 11 is 1.20. The third-order valence-electron chi connectivity index (χ3n) is 2.82. The molecule has 0 bridgehead atoms. The largest absolute Gasteiger partial charge is 0.416 e. The number of nitrogens with zero attached hydrogens (tertiary/aromatic N) is 3. The maximum absolute atomic E-state index is 12.2. The van der Waals surface area contributed by atoms with Gasteiger partial charge < -0.3 is 9.73 Å². The van der Waals surface area contributed by atoms with Crippen molar-refractivity contribution in [2.24, 2.45) is 0 Å². The molecule has 0 aliphatic rings. The minimum atomic E-state index is -0.397. The molecule has 1 N–H and O–H groups in total. The molecular formula is C15H16N4O2S. The van der Waals surface area contributed by atoms with Gasteiger partial charge in [-0.3, -0.25) is 4.79 Å². The second-order valence-electron chi connectivity index (χ2n) is 5.00. The molecule has 7 heteroatoms. The first-order valence-electron chi connectivity index (χ1n) is 6.80. The predicted molar refractivity (Wildman–Crippen MR) is 83.5 cm³/mol. The van der Waals surface area contributed by atoms with Crippen LogP contribution in [0.4, 0.5) is 5.69 Å². The molecule has 0 radical (unpaired) electrons. The van der Waals surface area contributed by atoms with E-state index in [-0.39, 0.29) is 11.8 Å². The summed E-state index contributed by atoms with van der Waals surface area (Å²) in [5.41, 5.74) is 1.08. The highest BCUT2D eigenvalue weighted by Crippen LogP contribution is 2.25. The molecule has 0 fully saturated rings. The molecule has 114 valence electrons. The number of thioether (sulfide) groups is 1. The van der Waals surface area contributed by atoms with Crippen molar-refractivity contribution in [3.63, 3.8) is 0 Å². The summed E-state index contributed by atoms with van der Waals surface area (Å²) in [6, 6.07) is 8.79. The number of rotatable bonds is 5. The lowest BCUT2D eigenvalue weighted by Crippen LogP contribution is -2.22. The Morgan fingerprint density at radius 2 is 2.14 bits per heavy atom. The third-order valence-corrected chi connectivity index (χ3v) is 3.76. The number of amides is 1. The van der Waals surface area contributed by atoms with E-state index < -0.39 is 5.25 Å². The van der Waals surface area contributed by atoms with Crippen molar-refractivity contribution >= 4 is 23.4 Å². The van der Waals surface area contributed by atoms with E-state index in [1.54, 1.807) is 31.2 Å². The van der Waals surface area contributed by atoms with Crippen molar-refractivity contribution in [2.75, 3.05) is 5.32 Å². The van der Waals surface area contributed by atoms with Crippen molar-refractivity contribution in [2.45, 2.75) is 37.2 Å². The number of hydrogen-bond acceptors (Lipinski definition) is 6. The average molecular weight is 316 g/mol. The van der Waals surface area contributed by atoms with E-state index in [4.69, 9.17) is 9.68 Å². The Kier molecular flexibility index (Phi) is 5.17. The minimum Gasteiger partial charge on any atom is -0.416 e. The molecule has 2 rings (SSSR count). The molecule has 1 aromatic heterocycles. The van der Waals surface area contributed by atoms with Crippen LogP contribution in [0.5, 0.6) is 0 Å². The minimum absolute atomic E-state index is 0.153. The Morgan fingerprint density at radius 3 is 2.77 bits per heavy atom. The Bertz CT molecular complexity index is 706. The number of carbonyl (C=O) groups is 1. The molecule has 0 spiro atoms. The van der Waals surface area contributed by atoms with Gasteiger partial charge in [-0.1, -0.05) is 31.7 Å². The number of benzene rings is 1. The van der Waals surface area contributed by atoms with Gasteiger partial charge in [-0.25, -0.2) is 0 Å². The average Bonchev–Trinajstić information content (AvgIpc) is 2.96. The van der Waals surface area contributed by atoms with Crippen LogP contribution >= 0.6 is 11.8 Å². The standard InChI is InChI=1S/C15H16N4O2S/c1-9(2)14-18-19-15(21-14)22-10(3)13(20)17-12-6-4-5-11(7-12)8-16/h4-7,9-10H,1-3H3,(H,17,20)/t10-/m0/s1. The maximum Gasteiger partial charge on any atom is 0.277 e. The highest BCUT2D eigenvalue weighted by Gasteiger charge is 2.19. The van der Waals surface area contributed by atoms with Gasteiger partial charge in [-0.15, -0.1) is 10.2 Å². The molecule has 0 saturated heterocycles. The first-order chi connectivity index (χ1) is 10.5. The van der Waals surface area contributed by atoms with Crippen molar-refractivity contribution in [1.82, 2.24) is 10.2 Å². The number of hydrogen-bond donors (Lipinski definition) is 1. The highest BCUT2D eigenvalue weighted by molar-refractivity contribution is 8.00. The fraction of sp³-hybridized carbons (Fsp3) is 0.333. The lowest BCUT2D eigenvalue weighted by Gasteiger charge is -2.10. The molecule has 22 heavy (non-hydrogen) atoms. The summed E-state index contributed by atoms with van der Waals surface area (Å²) in [4.78, 5) is 12.2. The van der Waals surface area contributed by atoms with Crippen LogP contribution in [0.2, 0.25) is 0 Å². The molecule has 1 aromatic carbocycles. The normalized spacial score (nSPS) is 12.0. The third kappa shape index (κ3) is 4.09. The van der Waals surface area contributed by atoms with Crippen LogP contribution in [0.1, 0.15) is 38.1 Å². The lowest BCUT2D eigenvalue weighted by atomic mass is 10.2. The maximum atomic E-state index is 12.2. The van der Waals surface area contributed by atoms with Gasteiger partial charge in [0.05, 0.1) is 16.9 Å². The molecule has 2 aromatic rings. The zero-order chi connectivity index (χ0) is 16.1. The topological polar surface area (TPSA) is 91.8 Å². The Labute approximate surface area is 132 Å². The first kappa shape index (κ1) is 16.0. The fourth-order valence-electron chi connectivity index (χ4n) is 1.62. The molecular weight excluding hydrogens is 300 g/mol. The molecule has 0 unspecified atom stereocenters. The molecule has 0 aliphatic heterocycles. The number of anilines is 1. The van der Waals surface area contributed by atoms with E-state index in [1.165, 1.54) is 11.8 Å². The zero-order valence-electron chi connectivity index (χ0n) is 12.5. The van der Waals surface area contributed by atoms with Gasteiger partial charge in [0.2, 0.25) is 11.8 Å². The van der Waals surface area contributed by atoms with Crippen LogP contribution in [0.25, 0.3) is 0 Å². The van der Waals surface area contributed by atoms with Crippen molar-refractivity contribution < 1.29 is 9.21 Å². The van der Waals surface area contributed by atoms with Gasteiger partial charge in [0, 0.05) is 11.6 Å². The summed E-state index contributed by atoms with van der Waals surface area (Å²) in [7, 11) is 0. The van der Waals surface area contributed by atoms with Gasteiger partial charge in [-0.2, -0.15) is 5.26 Å². The van der Waals surface area contributed by atoms with Gasteiger partial charge in [-0.05, 0) is 25.1 Å². The Hall–Kier alpha value is -2.33. The van der Waals surface area contributed by atoms with E-state index in [9.17, 15) is 4.79 Å². The van der Waals surface area contributed by atoms with Crippen LogP contribution in [0.3, 0.4) is 0 Å². The molecule has 0 saturated carbocycles. The van der Waals surface area contributed by atoms with E-state index in [2.05, 4.69) is 15.5 Å². The summed E-state index contributed by atoms with van der Waals surface area (Å²) in [5, 5.41) is 19.4. The number of carbonyl (C=O) groups excluding carboxylic acids is 1. The van der Waals surface area contributed by atoms with Crippen molar-refractivity contribution in [3.05, 3.63) is 35.7 Å². The van der Waals surface area contributed by atoms with Gasteiger partial charge in [0.15, 0.2) is 0 Å². The van der Waals surface area contributed by atoms with Crippen LogP contribution in [-0.2, 0) is 4.79 Å². The second-order valence-corrected chi connectivity index (χ2v) is 6.29. The summed E-state index contributed by atoms with van der Waals surface area (Å²) in [6.45, 7) is 5.67. The summed E-state index contributed by atoms with van der Waals surface area (Å²) < 4.78 is 5.47. The van der Waals surface area contributed by atoms with Crippen LogP contribution in [0.15, 0.2) is 33.9 Å². The summed E-state index contributed by atoms with van der Waals surface area (Å²) in [6.07, 6.45) is 0. The Balaban J connectivity index is 1.98. The second kappa shape index (κ2) is 7.09. The molecule has 0 aliphatic carbocycles. The smallest absolute Gasteiger partial charge is 0.277 e. The van der Waals surface area contributed by atoms with Gasteiger partial charge in [0.1, 0.15) is 0 Å². The van der Waals surface area contributed by atoms with E-state index in [1.807, 2.05) is 19.9 Å². The first-order valence-corrected chi connectivity index (χ1v) is 7.68. The zero-order valence-corrected chi connectivity index (χ0v) is 13.3. The summed E-state index contributed by atoms with van der Waals surface area (Å²) in [5.74, 6) is 0.515. The van der Waals surface area contributed by atoms with E-state index >= 15 is 0 Å². The fourth-order valence-corrected chi connectivity index (χ4v) is 2.31.